The zero-order chi connectivity index (χ0) is 13.5. The predicted molar refractivity (Wildman–Crippen MR) is 80.5 cm³/mol. The normalized spacial score (nSPS) is 15.2. The first-order valence-corrected chi connectivity index (χ1v) is 8.16. The Morgan fingerprint density at radius 3 is 2.17 bits per heavy atom. The highest BCUT2D eigenvalue weighted by atomic mass is 35.5. The first-order chi connectivity index (χ1) is 7.80. The van der Waals surface area contributed by atoms with Gasteiger partial charge in [-0.3, -0.25) is 0 Å². The Morgan fingerprint density at radius 1 is 1.22 bits per heavy atom. The smallest absolute Gasteiger partial charge is 0.212 e. The Kier molecular flexibility index (Phi) is 11.4. The molecule has 0 aromatic heterocycles. The number of nitrogens with one attached hydrogen (secondary N) is 1. The minimum absolute atomic E-state index is 0. The van der Waals surface area contributed by atoms with Crippen molar-refractivity contribution in [2.24, 2.45) is 17.6 Å². The SMILES string of the molecule is CCCC(C)CS(=O)(=O)NC(CN)CC(C)C.Cl. The van der Waals surface area contributed by atoms with Crippen molar-refractivity contribution in [3.05, 3.63) is 0 Å². The van der Waals surface area contributed by atoms with Gasteiger partial charge in [0.1, 0.15) is 0 Å². The molecule has 6 heteroatoms. The molecule has 0 aliphatic heterocycles. The van der Waals surface area contributed by atoms with Crippen molar-refractivity contribution < 1.29 is 8.42 Å². The Bertz CT molecular complexity index is 294. The van der Waals surface area contributed by atoms with Crippen LogP contribution in [0.1, 0.15) is 47.0 Å². The van der Waals surface area contributed by atoms with Crippen LogP contribution < -0.4 is 10.5 Å². The molecule has 0 spiro atoms. The van der Waals surface area contributed by atoms with E-state index in [2.05, 4.69) is 25.5 Å². The van der Waals surface area contributed by atoms with Crippen molar-refractivity contribution in [3.63, 3.8) is 0 Å². The topological polar surface area (TPSA) is 72.2 Å². The zero-order valence-electron chi connectivity index (χ0n) is 12.0. The van der Waals surface area contributed by atoms with Crippen LogP contribution in [0.3, 0.4) is 0 Å². The van der Waals surface area contributed by atoms with Crippen molar-refractivity contribution >= 4 is 22.4 Å². The van der Waals surface area contributed by atoms with Gasteiger partial charge in [-0.25, -0.2) is 13.1 Å². The molecule has 4 nitrogen and oxygen atoms in total. The first-order valence-electron chi connectivity index (χ1n) is 6.50. The van der Waals surface area contributed by atoms with Gasteiger partial charge in [0, 0.05) is 12.6 Å². The lowest BCUT2D eigenvalue weighted by atomic mass is 10.1. The van der Waals surface area contributed by atoms with Gasteiger partial charge in [0.05, 0.1) is 5.75 Å². The van der Waals surface area contributed by atoms with E-state index < -0.39 is 10.0 Å². The van der Waals surface area contributed by atoms with Crippen LogP contribution in [0.25, 0.3) is 0 Å². The van der Waals surface area contributed by atoms with Crippen molar-refractivity contribution in [1.82, 2.24) is 4.72 Å². The fourth-order valence-electron chi connectivity index (χ4n) is 2.01. The monoisotopic (exact) mass is 300 g/mol. The first kappa shape index (κ1) is 20.5. The summed E-state index contributed by atoms with van der Waals surface area (Å²) in [4.78, 5) is 0. The van der Waals surface area contributed by atoms with Gasteiger partial charge >= 0.3 is 0 Å². The molecule has 3 N–H and O–H groups in total. The highest BCUT2D eigenvalue weighted by molar-refractivity contribution is 7.89. The summed E-state index contributed by atoms with van der Waals surface area (Å²) in [5.74, 6) is 0.851. The van der Waals surface area contributed by atoms with Crippen LogP contribution in [0.5, 0.6) is 0 Å². The average molecular weight is 301 g/mol. The second-order valence-electron chi connectivity index (χ2n) is 5.36. The molecule has 18 heavy (non-hydrogen) atoms. The van der Waals surface area contributed by atoms with E-state index in [-0.39, 0.29) is 30.1 Å². The molecule has 0 saturated heterocycles. The van der Waals surface area contributed by atoms with Crippen LogP contribution in [0.15, 0.2) is 0 Å². The van der Waals surface area contributed by atoms with E-state index >= 15 is 0 Å². The predicted octanol–water partition coefficient (Wildman–Crippen LogP) is 2.14. The summed E-state index contributed by atoms with van der Waals surface area (Å²) in [5, 5.41) is 0. The van der Waals surface area contributed by atoms with E-state index in [4.69, 9.17) is 5.73 Å². The summed E-state index contributed by atoms with van der Waals surface area (Å²) in [5.41, 5.74) is 5.59. The maximum absolute atomic E-state index is 11.9. The molecule has 0 aliphatic rings. The van der Waals surface area contributed by atoms with E-state index in [1.807, 2.05) is 6.92 Å². The molecule has 0 bridgehead atoms. The highest BCUT2D eigenvalue weighted by Crippen LogP contribution is 2.10. The fraction of sp³-hybridized carbons (Fsp3) is 1.00. The average Bonchev–Trinajstić information content (AvgIpc) is 2.14. The Morgan fingerprint density at radius 2 is 1.78 bits per heavy atom. The van der Waals surface area contributed by atoms with Crippen LogP contribution >= 0.6 is 12.4 Å². The summed E-state index contributed by atoms with van der Waals surface area (Å²) < 4.78 is 26.5. The van der Waals surface area contributed by atoms with Gasteiger partial charge in [-0.2, -0.15) is 0 Å². The van der Waals surface area contributed by atoms with Gasteiger partial charge in [-0.15, -0.1) is 12.4 Å². The number of nitrogens with two attached hydrogens (primary N) is 1. The Hall–Kier alpha value is 0.160. The third kappa shape index (κ3) is 10.1. The van der Waals surface area contributed by atoms with Gasteiger partial charge in [0.2, 0.25) is 10.0 Å². The summed E-state index contributed by atoms with van der Waals surface area (Å²) in [6.45, 7) is 8.54. The molecular weight excluding hydrogens is 272 g/mol. The molecule has 0 saturated carbocycles. The quantitative estimate of drug-likeness (QED) is 0.685. The third-order valence-corrected chi connectivity index (χ3v) is 4.37. The maximum Gasteiger partial charge on any atom is 0.212 e. The molecule has 112 valence electrons. The lowest BCUT2D eigenvalue weighted by Gasteiger charge is -2.20. The summed E-state index contributed by atoms with van der Waals surface area (Å²) >= 11 is 0. The molecule has 0 aromatic carbocycles. The Labute approximate surface area is 119 Å². The molecule has 0 fully saturated rings. The molecule has 0 aromatic rings. The summed E-state index contributed by atoms with van der Waals surface area (Å²) in [6.07, 6.45) is 2.75. The Balaban J connectivity index is 0. The molecule has 0 heterocycles. The van der Waals surface area contributed by atoms with Crippen LogP contribution in [0, 0.1) is 11.8 Å². The maximum atomic E-state index is 11.9. The zero-order valence-corrected chi connectivity index (χ0v) is 13.6. The molecule has 0 rings (SSSR count). The van der Waals surface area contributed by atoms with Crippen molar-refractivity contribution in [2.75, 3.05) is 12.3 Å². The molecular formula is C12H29ClN2O2S. The third-order valence-electron chi connectivity index (χ3n) is 2.67. The van der Waals surface area contributed by atoms with E-state index in [0.29, 0.717) is 12.5 Å². The van der Waals surface area contributed by atoms with Crippen molar-refractivity contribution in [1.29, 1.82) is 0 Å². The van der Waals surface area contributed by atoms with E-state index in [9.17, 15) is 8.42 Å². The van der Waals surface area contributed by atoms with Gasteiger partial charge in [0.25, 0.3) is 0 Å². The van der Waals surface area contributed by atoms with E-state index in [0.717, 1.165) is 19.3 Å². The second-order valence-corrected chi connectivity index (χ2v) is 7.15. The molecule has 2 atom stereocenters. The van der Waals surface area contributed by atoms with Crippen molar-refractivity contribution in [2.45, 2.75) is 53.0 Å². The minimum atomic E-state index is -3.19. The molecule has 0 radical (unpaired) electrons. The van der Waals surface area contributed by atoms with Crippen LogP contribution in [0.2, 0.25) is 0 Å². The number of halogens is 1. The molecule has 0 aliphatic carbocycles. The van der Waals surface area contributed by atoms with Crippen LogP contribution in [-0.2, 0) is 10.0 Å². The summed E-state index contributed by atoms with van der Waals surface area (Å²) in [6, 6.07) is -0.131. The number of sulfonamides is 1. The molecule has 0 amide bonds. The lowest BCUT2D eigenvalue weighted by Crippen LogP contribution is -2.42. The van der Waals surface area contributed by atoms with Gasteiger partial charge in [0.15, 0.2) is 0 Å². The largest absolute Gasteiger partial charge is 0.329 e. The minimum Gasteiger partial charge on any atom is -0.329 e. The van der Waals surface area contributed by atoms with E-state index in [1.54, 1.807) is 0 Å². The standard InChI is InChI=1S/C12H28N2O2S.ClH/c1-5-6-11(4)9-17(15,16)14-12(8-13)7-10(2)3;/h10-12,14H,5-9,13H2,1-4H3;1H. The number of rotatable bonds is 9. The molecule has 2 unspecified atom stereocenters. The lowest BCUT2D eigenvalue weighted by molar-refractivity contribution is 0.460. The van der Waals surface area contributed by atoms with Crippen LogP contribution in [0.4, 0.5) is 0 Å². The highest BCUT2D eigenvalue weighted by Gasteiger charge is 2.20. The second kappa shape index (κ2) is 10.0. The fourth-order valence-corrected chi connectivity index (χ4v) is 3.73. The number of hydrogen-bond donors (Lipinski definition) is 2. The van der Waals surface area contributed by atoms with Crippen molar-refractivity contribution in [3.8, 4) is 0 Å². The van der Waals surface area contributed by atoms with Gasteiger partial charge < -0.3 is 5.73 Å². The van der Waals surface area contributed by atoms with Crippen LogP contribution in [-0.4, -0.2) is 26.8 Å². The number of hydrogen-bond acceptors (Lipinski definition) is 3. The van der Waals surface area contributed by atoms with E-state index in [1.165, 1.54) is 0 Å². The van der Waals surface area contributed by atoms with Gasteiger partial charge in [-0.05, 0) is 24.7 Å². The summed E-state index contributed by atoms with van der Waals surface area (Å²) in [7, 11) is -3.19. The van der Waals surface area contributed by atoms with Gasteiger partial charge in [-0.1, -0.05) is 34.1 Å².